The number of aromatic nitrogens is 4. The maximum absolute atomic E-state index is 13.3. The van der Waals surface area contributed by atoms with Gasteiger partial charge in [-0.05, 0) is 44.9 Å². The molecule has 1 saturated carbocycles. The van der Waals surface area contributed by atoms with Gasteiger partial charge in [-0.25, -0.2) is 9.97 Å². The molecule has 0 aliphatic heterocycles. The predicted molar refractivity (Wildman–Crippen MR) is 120 cm³/mol. The van der Waals surface area contributed by atoms with E-state index in [1.807, 2.05) is 51.2 Å². The van der Waals surface area contributed by atoms with Crippen LogP contribution in [-0.4, -0.2) is 25.7 Å². The lowest BCUT2D eigenvalue weighted by Gasteiger charge is -2.07. The highest BCUT2D eigenvalue weighted by Gasteiger charge is 2.28. The molecule has 152 valence electrons. The molecule has 3 aromatic heterocycles. The number of carbonyl (C=O) groups is 1. The molecule has 0 radical (unpaired) electrons. The van der Waals surface area contributed by atoms with Crippen molar-refractivity contribution in [1.29, 1.82) is 0 Å². The highest BCUT2D eigenvalue weighted by atomic mass is 35.5. The second-order valence-electron chi connectivity index (χ2n) is 7.66. The van der Waals surface area contributed by atoms with Crippen LogP contribution in [0.1, 0.15) is 45.4 Å². The average Bonchev–Trinajstić information content (AvgIpc) is 3.45. The van der Waals surface area contributed by atoms with Crippen LogP contribution in [0.15, 0.2) is 30.3 Å². The summed E-state index contributed by atoms with van der Waals surface area (Å²) in [7, 11) is 1.86. The SMILES string of the molecule is Cc1sc(NC(=O)c2cc(C3CC3)nc3c2c(C)nn3C)nc1-c1ccc(Cl)cc1. The monoisotopic (exact) mass is 437 g/mol. The smallest absolute Gasteiger partial charge is 0.258 e. The maximum Gasteiger partial charge on any atom is 0.258 e. The summed E-state index contributed by atoms with van der Waals surface area (Å²) in [5, 5.41) is 9.52. The normalized spacial score (nSPS) is 13.7. The third-order valence-corrected chi connectivity index (χ3v) is 6.50. The molecule has 0 atom stereocenters. The number of anilines is 1. The molecule has 1 aliphatic carbocycles. The number of hydrogen-bond acceptors (Lipinski definition) is 5. The van der Waals surface area contributed by atoms with Gasteiger partial charge in [0.05, 0.1) is 22.3 Å². The van der Waals surface area contributed by atoms with Gasteiger partial charge in [0.25, 0.3) is 5.91 Å². The van der Waals surface area contributed by atoms with Crippen molar-refractivity contribution in [3.8, 4) is 11.3 Å². The molecule has 1 N–H and O–H groups in total. The van der Waals surface area contributed by atoms with E-state index in [9.17, 15) is 4.79 Å². The Balaban J connectivity index is 1.51. The van der Waals surface area contributed by atoms with Crippen LogP contribution in [0.5, 0.6) is 0 Å². The van der Waals surface area contributed by atoms with Gasteiger partial charge in [0.15, 0.2) is 10.8 Å². The highest BCUT2D eigenvalue weighted by molar-refractivity contribution is 7.16. The quantitative estimate of drug-likeness (QED) is 0.458. The Kier molecular flexibility index (Phi) is 4.60. The summed E-state index contributed by atoms with van der Waals surface area (Å²) in [6.07, 6.45) is 2.24. The molecule has 1 aromatic carbocycles. The van der Waals surface area contributed by atoms with Crippen molar-refractivity contribution in [1.82, 2.24) is 19.7 Å². The third-order valence-electron chi connectivity index (χ3n) is 5.36. The van der Waals surface area contributed by atoms with Crippen molar-refractivity contribution < 1.29 is 4.79 Å². The van der Waals surface area contributed by atoms with E-state index in [0.29, 0.717) is 21.6 Å². The lowest BCUT2D eigenvalue weighted by Crippen LogP contribution is -2.13. The van der Waals surface area contributed by atoms with Crippen LogP contribution in [0.4, 0.5) is 5.13 Å². The molecule has 4 aromatic rings. The lowest BCUT2D eigenvalue weighted by molar-refractivity contribution is 0.102. The third kappa shape index (κ3) is 3.38. The van der Waals surface area contributed by atoms with Gasteiger partial charge in [0, 0.05) is 34.1 Å². The summed E-state index contributed by atoms with van der Waals surface area (Å²) in [6.45, 7) is 3.90. The fourth-order valence-electron chi connectivity index (χ4n) is 3.72. The first-order valence-corrected chi connectivity index (χ1v) is 11.0. The minimum atomic E-state index is -0.184. The van der Waals surface area contributed by atoms with Crippen molar-refractivity contribution in [2.75, 3.05) is 5.32 Å². The van der Waals surface area contributed by atoms with E-state index >= 15 is 0 Å². The van der Waals surface area contributed by atoms with Gasteiger partial charge in [-0.2, -0.15) is 5.10 Å². The maximum atomic E-state index is 13.3. The summed E-state index contributed by atoms with van der Waals surface area (Å²) in [4.78, 5) is 23.7. The zero-order chi connectivity index (χ0) is 21.0. The van der Waals surface area contributed by atoms with Crippen LogP contribution >= 0.6 is 22.9 Å². The molecule has 0 bridgehead atoms. The van der Waals surface area contributed by atoms with Crippen molar-refractivity contribution >= 4 is 45.0 Å². The van der Waals surface area contributed by atoms with E-state index in [-0.39, 0.29) is 5.91 Å². The van der Waals surface area contributed by atoms with E-state index in [2.05, 4.69) is 15.4 Å². The largest absolute Gasteiger partial charge is 0.298 e. The standard InChI is InChI=1S/C22H20ClN5OS/c1-11-18-16(10-17(13-4-5-13)24-20(18)28(3)27-11)21(29)26-22-25-19(12(2)30-22)14-6-8-15(23)9-7-14/h6-10,13H,4-5H2,1-3H3,(H,25,26,29). The Bertz CT molecular complexity index is 1290. The van der Waals surface area contributed by atoms with Gasteiger partial charge in [-0.3, -0.25) is 14.8 Å². The van der Waals surface area contributed by atoms with Crippen LogP contribution in [-0.2, 0) is 7.05 Å². The van der Waals surface area contributed by atoms with Crippen molar-refractivity contribution in [3.05, 3.63) is 57.2 Å². The summed E-state index contributed by atoms with van der Waals surface area (Å²) >= 11 is 7.46. The van der Waals surface area contributed by atoms with Gasteiger partial charge in [-0.1, -0.05) is 23.7 Å². The van der Waals surface area contributed by atoms with Crippen molar-refractivity contribution in [3.63, 3.8) is 0 Å². The molecule has 3 heterocycles. The molecule has 1 aliphatic rings. The summed E-state index contributed by atoms with van der Waals surface area (Å²) in [5.74, 6) is 0.256. The number of pyridine rings is 1. The number of aryl methyl sites for hydroxylation is 3. The van der Waals surface area contributed by atoms with Gasteiger partial charge in [0.1, 0.15) is 0 Å². The first kappa shape index (κ1) is 19.2. The summed E-state index contributed by atoms with van der Waals surface area (Å²) in [5.41, 5.74) is 4.94. The minimum absolute atomic E-state index is 0.184. The Labute approximate surface area is 182 Å². The number of fused-ring (bicyclic) bond motifs is 1. The zero-order valence-corrected chi connectivity index (χ0v) is 18.4. The number of hydrogen-bond donors (Lipinski definition) is 1. The Hall–Kier alpha value is -2.77. The molecule has 1 fully saturated rings. The van der Waals surface area contributed by atoms with Gasteiger partial charge < -0.3 is 0 Å². The average molecular weight is 438 g/mol. The van der Waals surface area contributed by atoms with Crippen LogP contribution in [0, 0.1) is 13.8 Å². The molecule has 0 unspecified atom stereocenters. The minimum Gasteiger partial charge on any atom is -0.298 e. The first-order chi connectivity index (χ1) is 14.4. The van der Waals surface area contributed by atoms with Crippen LogP contribution in [0.25, 0.3) is 22.3 Å². The molecule has 0 saturated heterocycles. The van der Waals surface area contributed by atoms with Gasteiger partial charge in [0.2, 0.25) is 0 Å². The second kappa shape index (κ2) is 7.18. The lowest BCUT2D eigenvalue weighted by atomic mass is 10.1. The topological polar surface area (TPSA) is 72.7 Å². The van der Waals surface area contributed by atoms with E-state index in [4.69, 9.17) is 16.6 Å². The molecular formula is C22H20ClN5OS. The zero-order valence-electron chi connectivity index (χ0n) is 16.9. The second-order valence-corrected chi connectivity index (χ2v) is 9.30. The number of nitrogens with zero attached hydrogens (tertiary/aromatic N) is 4. The molecule has 8 heteroatoms. The van der Waals surface area contributed by atoms with Gasteiger partial charge >= 0.3 is 0 Å². The van der Waals surface area contributed by atoms with E-state index in [0.717, 1.165) is 51.4 Å². The van der Waals surface area contributed by atoms with Crippen LogP contribution in [0.2, 0.25) is 5.02 Å². The number of carbonyl (C=O) groups excluding carboxylic acids is 1. The molecule has 1 amide bonds. The van der Waals surface area contributed by atoms with Crippen LogP contribution < -0.4 is 5.32 Å². The fraction of sp³-hybridized carbons (Fsp3) is 0.273. The number of rotatable bonds is 4. The Morgan fingerprint density at radius 1 is 1.20 bits per heavy atom. The van der Waals surface area contributed by atoms with Crippen LogP contribution in [0.3, 0.4) is 0 Å². The Morgan fingerprint density at radius 3 is 2.63 bits per heavy atom. The van der Waals surface area contributed by atoms with E-state index in [1.54, 1.807) is 4.68 Å². The molecule has 30 heavy (non-hydrogen) atoms. The highest BCUT2D eigenvalue weighted by Crippen LogP contribution is 2.40. The summed E-state index contributed by atoms with van der Waals surface area (Å²) < 4.78 is 1.75. The molecular weight excluding hydrogens is 418 g/mol. The number of amides is 1. The van der Waals surface area contributed by atoms with E-state index in [1.165, 1.54) is 11.3 Å². The molecule has 0 spiro atoms. The number of halogens is 1. The predicted octanol–water partition coefficient (Wildman–Crippen LogP) is 5.49. The first-order valence-electron chi connectivity index (χ1n) is 9.79. The fourth-order valence-corrected chi connectivity index (χ4v) is 4.68. The van der Waals surface area contributed by atoms with E-state index < -0.39 is 0 Å². The molecule has 6 nitrogen and oxygen atoms in total. The number of nitrogens with one attached hydrogen (secondary N) is 1. The van der Waals surface area contributed by atoms with Crippen molar-refractivity contribution in [2.45, 2.75) is 32.6 Å². The molecule has 5 rings (SSSR count). The number of benzene rings is 1. The Morgan fingerprint density at radius 2 is 1.93 bits per heavy atom. The summed E-state index contributed by atoms with van der Waals surface area (Å²) in [6, 6.07) is 9.47. The van der Waals surface area contributed by atoms with Gasteiger partial charge in [-0.15, -0.1) is 11.3 Å². The number of thiazole rings is 1. The van der Waals surface area contributed by atoms with Crippen molar-refractivity contribution in [2.24, 2.45) is 7.05 Å².